The van der Waals surface area contributed by atoms with Crippen molar-refractivity contribution in [2.75, 3.05) is 19.3 Å². The zero-order valence-electron chi connectivity index (χ0n) is 13.7. The molecule has 1 saturated heterocycles. The number of aliphatic imine (C=N–C) groups is 1. The molecule has 22 heavy (non-hydrogen) atoms. The van der Waals surface area contributed by atoms with Gasteiger partial charge in [-0.25, -0.2) is 9.79 Å². The van der Waals surface area contributed by atoms with Crippen LogP contribution < -0.4 is 5.32 Å². The summed E-state index contributed by atoms with van der Waals surface area (Å²) in [4.78, 5) is 32.4. The van der Waals surface area contributed by atoms with E-state index in [9.17, 15) is 9.59 Å². The molecule has 124 valence electrons. The monoisotopic (exact) mass is 326 g/mol. The van der Waals surface area contributed by atoms with E-state index >= 15 is 0 Å². The van der Waals surface area contributed by atoms with Crippen LogP contribution in [0, 0.1) is 0 Å². The zero-order chi connectivity index (χ0) is 16.1. The van der Waals surface area contributed by atoms with Crippen LogP contribution in [0.15, 0.2) is 4.99 Å². The van der Waals surface area contributed by atoms with Gasteiger partial charge in [0.25, 0.3) is 5.91 Å². The molecule has 2 aliphatic heterocycles. The van der Waals surface area contributed by atoms with Crippen molar-refractivity contribution in [2.24, 2.45) is 4.99 Å². The molecule has 0 aliphatic carbocycles. The molecule has 1 fully saturated rings. The Morgan fingerprint density at radius 1 is 1.18 bits per heavy atom. The van der Waals surface area contributed by atoms with Gasteiger partial charge in [-0.15, -0.1) is 0 Å². The number of likely N-dealkylation sites (N-methyl/N-ethyl adjacent to an activating group) is 1. The first kappa shape index (κ1) is 17.1. The minimum Gasteiger partial charge on any atom is -0.336 e. The van der Waals surface area contributed by atoms with Crippen LogP contribution in [0.1, 0.15) is 46.0 Å². The van der Waals surface area contributed by atoms with E-state index in [1.165, 1.54) is 4.90 Å². The molecule has 2 unspecified atom stereocenters. The highest BCUT2D eigenvalue weighted by Gasteiger charge is 2.48. The average Bonchev–Trinajstić information content (AvgIpc) is 2.85. The second-order valence-electron chi connectivity index (χ2n) is 5.78. The van der Waals surface area contributed by atoms with E-state index in [4.69, 9.17) is 0 Å². The number of fused-ring (bicyclic) bond motifs is 1. The Labute approximate surface area is 136 Å². The highest BCUT2D eigenvalue weighted by molar-refractivity contribution is 8.13. The highest BCUT2D eigenvalue weighted by atomic mass is 32.2. The Bertz CT molecular complexity index is 455. The van der Waals surface area contributed by atoms with Gasteiger partial charge >= 0.3 is 6.03 Å². The van der Waals surface area contributed by atoms with Crippen molar-refractivity contribution in [3.8, 4) is 0 Å². The molecule has 2 atom stereocenters. The minimum absolute atomic E-state index is 0.223. The van der Waals surface area contributed by atoms with E-state index in [1.54, 1.807) is 18.8 Å². The van der Waals surface area contributed by atoms with E-state index in [-0.39, 0.29) is 24.1 Å². The van der Waals surface area contributed by atoms with Gasteiger partial charge in [0, 0.05) is 19.3 Å². The number of rotatable bonds is 7. The molecule has 6 nitrogen and oxygen atoms in total. The molecule has 0 aromatic rings. The Morgan fingerprint density at radius 2 is 1.91 bits per heavy atom. The zero-order valence-corrected chi connectivity index (χ0v) is 14.5. The van der Waals surface area contributed by atoms with Crippen LogP contribution >= 0.6 is 11.8 Å². The smallest absolute Gasteiger partial charge is 0.325 e. The summed E-state index contributed by atoms with van der Waals surface area (Å²) in [7, 11) is 1.70. The summed E-state index contributed by atoms with van der Waals surface area (Å²) in [6.45, 7) is 5.15. The third-order valence-electron chi connectivity index (χ3n) is 4.05. The average molecular weight is 326 g/mol. The van der Waals surface area contributed by atoms with Crippen molar-refractivity contribution < 1.29 is 9.59 Å². The second kappa shape index (κ2) is 7.85. The number of hydrogen-bond acceptors (Lipinski definition) is 5. The van der Waals surface area contributed by atoms with Crippen LogP contribution in [-0.2, 0) is 4.79 Å². The number of imide groups is 1. The quantitative estimate of drug-likeness (QED) is 0.729. The van der Waals surface area contributed by atoms with Crippen molar-refractivity contribution >= 4 is 28.9 Å². The van der Waals surface area contributed by atoms with E-state index in [0.29, 0.717) is 0 Å². The molecule has 7 heteroatoms. The lowest BCUT2D eigenvalue weighted by Gasteiger charge is -2.36. The van der Waals surface area contributed by atoms with Gasteiger partial charge in [-0.2, -0.15) is 0 Å². The molecular weight excluding hydrogens is 300 g/mol. The summed E-state index contributed by atoms with van der Waals surface area (Å²) in [5.41, 5.74) is 0. The lowest BCUT2D eigenvalue weighted by molar-refractivity contribution is -0.127. The summed E-state index contributed by atoms with van der Waals surface area (Å²) < 4.78 is 0. The molecular formula is C15H26N4O2S. The normalized spacial score (nSPS) is 24.4. The number of thioether (sulfide) groups is 1. The largest absolute Gasteiger partial charge is 0.336 e. The third-order valence-corrected chi connectivity index (χ3v) is 5.15. The predicted octanol–water partition coefficient (Wildman–Crippen LogP) is 2.26. The van der Waals surface area contributed by atoms with Crippen molar-refractivity contribution in [1.82, 2.24) is 15.1 Å². The van der Waals surface area contributed by atoms with Crippen LogP contribution in [0.4, 0.5) is 4.79 Å². The van der Waals surface area contributed by atoms with E-state index in [2.05, 4.69) is 29.1 Å². The van der Waals surface area contributed by atoms with Crippen LogP contribution in [0.25, 0.3) is 0 Å². The molecule has 3 amide bonds. The van der Waals surface area contributed by atoms with Crippen molar-refractivity contribution in [3.05, 3.63) is 0 Å². The predicted molar refractivity (Wildman–Crippen MR) is 89.9 cm³/mol. The number of unbranched alkanes of at least 4 members (excludes halogenated alkanes) is 3. The van der Waals surface area contributed by atoms with Gasteiger partial charge in [-0.1, -0.05) is 44.9 Å². The first-order chi connectivity index (χ1) is 10.6. The Morgan fingerprint density at radius 3 is 2.59 bits per heavy atom. The van der Waals surface area contributed by atoms with Gasteiger partial charge in [-0.3, -0.25) is 10.1 Å². The van der Waals surface area contributed by atoms with Crippen LogP contribution in [0.3, 0.4) is 0 Å². The summed E-state index contributed by atoms with van der Waals surface area (Å²) >= 11 is 1.70. The third kappa shape index (κ3) is 3.56. The van der Waals surface area contributed by atoms with Gasteiger partial charge in [0.1, 0.15) is 0 Å². The lowest BCUT2D eigenvalue weighted by atomic mass is 10.1. The maximum atomic E-state index is 12.3. The topological polar surface area (TPSA) is 65.0 Å². The maximum absolute atomic E-state index is 12.3. The molecule has 1 N–H and O–H groups in total. The fourth-order valence-corrected chi connectivity index (χ4v) is 3.86. The summed E-state index contributed by atoms with van der Waals surface area (Å²) in [6.07, 6.45) is 5.20. The van der Waals surface area contributed by atoms with E-state index < -0.39 is 0 Å². The molecule has 2 rings (SSSR count). The van der Waals surface area contributed by atoms with Gasteiger partial charge in [0.2, 0.25) is 0 Å². The molecule has 0 aromatic carbocycles. The van der Waals surface area contributed by atoms with Crippen molar-refractivity contribution in [1.29, 1.82) is 0 Å². The van der Waals surface area contributed by atoms with Crippen molar-refractivity contribution in [2.45, 2.75) is 58.2 Å². The fraction of sp³-hybridized carbons (Fsp3) is 0.800. The summed E-state index contributed by atoms with van der Waals surface area (Å²) in [5.74, 6) is 0.776. The molecule has 0 radical (unpaired) electrons. The highest BCUT2D eigenvalue weighted by Crippen LogP contribution is 2.29. The first-order valence-electron chi connectivity index (χ1n) is 8.15. The first-order valence-corrected chi connectivity index (χ1v) is 9.13. The molecule has 0 aromatic heterocycles. The van der Waals surface area contributed by atoms with Gasteiger partial charge in [0.15, 0.2) is 17.4 Å². The second-order valence-corrected chi connectivity index (χ2v) is 6.84. The Hall–Kier alpha value is -1.24. The number of nitrogens with zero attached hydrogens (tertiary/aromatic N) is 3. The number of hydrogen-bond donors (Lipinski definition) is 1. The Balaban J connectivity index is 2.12. The van der Waals surface area contributed by atoms with Gasteiger partial charge < -0.3 is 9.80 Å². The van der Waals surface area contributed by atoms with Gasteiger partial charge in [0.05, 0.1) is 0 Å². The Kier molecular flexibility index (Phi) is 6.11. The molecule has 2 heterocycles. The van der Waals surface area contributed by atoms with E-state index in [1.807, 2.05) is 0 Å². The van der Waals surface area contributed by atoms with E-state index in [0.717, 1.165) is 49.6 Å². The maximum Gasteiger partial charge on any atom is 0.325 e. The fourth-order valence-electron chi connectivity index (χ4n) is 2.70. The minimum atomic E-state index is -0.382. The number of carbonyl (C=O) groups is 2. The van der Waals surface area contributed by atoms with Crippen LogP contribution in [0.2, 0.25) is 0 Å². The summed E-state index contributed by atoms with van der Waals surface area (Å²) in [6, 6.07) is -0.730. The standard InChI is InChI=1S/C15H26N4O2S/c1-4-6-8-9-19-11-12(16-15(19)22-10-7-5-2)18(3)14(21)17-13(11)20/h11-12H,4-10H2,1-3H3,(H,17,20,21). The SMILES string of the molecule is CCCCCN1C(SCCCC)=NC2C1C(=O)NC(=O)N2C. The number of nitrogens with one attached hydrogen (secondary N) is 1. The van der Waals surface area contributed by atoms with Crippen LogP contribution in [-0.4, -0.2) is 58.5 Å². The number of urea groups is 1. The van der Waals surface area contributed by atoms with Crippen LogP contribution in [0.5, 0.6) is 0 Å². The number of amidine groups is 1. The van der Waals surface area contributed by atoms with Gasteiger partial charge in [-0.05, 0) is 12.8 Å². The molecule has 0 bridgehead atoms. The molecule has 2 aliphatic rings. The summed E-state index contributed by atoms with van der Waals surface area (Å²) in [5, 5.41) is 3.35. The van der Waals surface area contributed by atoms with Crippen molar-refractivity contribution in [3.63, 3.8) is 0 Å². The molecule has 0 spiro atoms. The number of amides is 3. The lowest BCUT2D eigenvalue weighted by Crippen LogP contribution is -2.63. The number of carbonyl (C=O) groups excluding carboxylic acids is 2. The molecule has 0 saturated carbocycles.